The highest BCUT2D eigenvalue weighted by atomic mass is 19.1. The molecule has 82 valence electrons. The van der Waals surface area contributed by atoms with Crippen LogP contribution in [0.2, 0.25) is 0 Å². The standard InChI is InChI=1S/C12H16FNO/c13-11-8-4-5-9-12(11)15-14-10-6-2-1-3-7-10/h4-5,8-10,14H,1-3,6-7H2. The van der Waals surface area contributed by atoms with Crippen molar-refractivity contribution in [1.29, 1.82) is 0 Å². The summed E-state index contributed by atoms with van der Waals surface area (Å²) in [4.78, 5) is 5.25. The first kappa shape index (κ1) is 10.4. The number of hydrogen-bond donors (Lipinski definition) is 1. The smallest absolute Gasteiger partial charge is 0.182 e. The van der Waals surface area contributed by atoms with Crippen LogP contribution in [0.1, 0.15) is 32.1 Å². The van der Waals surface area contributed by atoms with Crippen LogP contribution in [-0.4, -0.2) is 6.04 Å². The maximum Gasteiger partial charge on any atom is 0.182 e. The molecule has 0 atom stereocenters. The zero-order chi connectivity index (χ0) is 10.5. The van der Waals surface area contributed by atoms with Crippen LogP contribution in [0.25, 0.3) is 0 Å². The molecule has 1 aromatic rings. The summed E-state index contributed by atoms with van der Waals surface area (Å²) in [7, 11) is 0. The Bertz CT molecular complexity index is 310. The van der Waals surface area contributed by atoms with Gasteiger partial charge in [-0.15, -0.1) is 0 Å². The topological polar surface area (TPSA) is 21.3 Å². The van der Waals surface area contributed by atoms with Crippen LogP contribution in [0, 0.1) is 5.82 Å². The van der Waals surface area contributed by atoms with Crippen LogP contribution >= 0.6 is 0 Å². The van der Waals surface area contributed by atoms with E-state index in [0.29, 0.717) is 6.04 Å². The van der Waals surface area contributed by atoms with E-state index in [9.17, 15) is 4.39 Å². The molecule has 1 aliphatic carbocycles. The monoisotopic (exact) mass is 209 g/mol. The predicted molar refractivity (Wildman–Crippen MR) is 57.0 cm³/mol. The number of nitrogens with one attached hydrogen (secondary N) is 1. The van der Waals surface area contributed by atoms with Crippen LogP contribution in [0.15, 0.2) is 24.3 Å². The molecule has 2 nitrogen and oxygen atoms in total. The molecular weight excluding hydrogens is 193 g/mol. The van der Waals surface area contributed by atoms with Crippen molar-refractivity contribution in [3.05, 3.63) is 30.1 Å². The van der Waals surface area contributed by atoms with Gasteiger partial charge < -0.3 is 4.84 Å². The minimum atomic E-state index is -0.319. The summed E-state index contributed by atoms with van der Waals surface area (Å²) in [5.74, 6) is -0.0381. The lowest BCUT2D eigenvalue weighted by Crippen LogP contribution is -2.33. The average Bonchev–Trinajstić information content (AvgIpc) is 2.29. The van der Waals surface area contributed by atoms with E-state index in [0.717, 1.165) is 12.8 Å². The highest BCUT2D eigenvalue weighted by Gasteiger charge is 2.14. The van der Waals surface area contributed by atoms with Crippen LogP contribution < -0.4 is 10.3 Å². The molecule has 0 radical (unpaired) electrons. The van der Waals surface area contributed by atoms with Gasteiger partial charge in [0, 0.05) is 6.04 Å². The predicted octanol–water partition coefficient (Wildman–Crippen LogP) is 3.04. The summed E-state index contributed by atoms with van der Waals surface area (Å²) < 4.78 is 13.2. The Morgan fingerprint density at radius 2 is 1.87 bits per heavy atom. The van der Waals surface area contributed by atoms with Gasteiger partial charge in [-0.05, 0) is 25.0 Å². The maximum atomic E-state index is 13.2. The number of halogens is 1. The van der Waals surface area contributed by atoms with Gasteiger partial charge in [0.15, 0.2) is 11.6 Å². The molecule has 0 heterocycles. The summed E-state index contributed by atoms with van der Waals surface area (Å²) in [6.07, 6.45) is 6.01. The molecule has 3 heteroatoms. The third-order valence-corrected chi connectivity index (χ3v) is 2.78. The van der Waals surface area contributed by atoms with Gasteiger partial charge in [-0.2, -0.15) is 5.48 Å². The van der Waals surface area contributed by atoms with Gasteiger partial charge >= 0.3 is 0 Å². The number of benzene rings is 1. The fourth-order valence-electron chi connectivity index (χ4n) is 1.89. The first-order valence-electron chi connectivity index (χ1n) is 5.53. The second-order valence-electron chi connectivity index (χ2n) is 3.99. The molecular formula is C12H16FNO. The zero-order valence-corrected chi connectivity index (χ0v) is 8.71. The quantitative estimate of drug-likeness (QED) is 0.772. The Morgan fingerprint density at radius 3 is 2.60 bits per heavy atom. The maximum absolute atomic E-state index is 13.2. The summed E-state index contributed by atoms with van der Waals surface area (Å²) in [5.41, 5.74) is 2.94. The van der Waals surface area contributed by atoms with Crippen molar-refractivity contribution in [3.63, 3.8) is 0 Å². The lowest BCUT2D eigenvalue weighted by molar-refractivity contribution is 0.127. The lowest BCUT2D eigenvalue weighted by Gasteiger charge is -2.22. The van der Waals surface area contributed by atoms with Gasteiger partial charge in [0.1, 0.15) is 0 Å². The van der Waals surface area contributed by atoms with E-state index in [2.05, 4.69) is 5.48 Å². The molecule has 0 amide bonds. The van der Waals surface area contributed by atoms with E-state index < -0.39 is 0 Å². The van der Waals surface area contributed by atoms with Gasteiger partial charge in [-0.1, -0.05) is 31.4 Å². The van der Waals surface area contributed by atoms with Crippen LogP contribution in [-0.2, 0) is 0 Å². The number of hydrogen-bond acceptors (Lipinski definition) is 2. The van der Waals surface area contributed by atoms with Gasteiger partial charge in [-0.3, -0.25) is 0 Å². The fraction of sp³-hybridized carbons (Fsp3) is 0.500. The molecule has 0 saturated heterocycles. The van der Waals surface area contributed by atoms with Crippen LogP contribution in [0.4, 0.5) is 4.39 Å². The molecule has 1 saturated carbocycles. The number of hydroxylamine groups is 1. The molecule has 1 aliphatic rings. The van der Waals surface area contributed by atoms with Crippen molar-refractivity contribution in [3.8, 4) is 5.75 Å². The molecule has 1 aromatic carbocycles. The first-order valence-corrected chi connectivity index (χ1v) is 5.53. The summed E-state index contributed by atoms with van der Waals surface area (Å²) in [6.45, 7) is 0. The second kappa shape index (κ2) is 5.12. The Hall–Kier alpha value is -1.09. The second-order valence-corrected chi connectivity index (χ2v) is 3.99. The van der Waals surface area contributed by atoms with Crippen molar-refractivity contribution in [2.75, 3.05) is 0 Å². The Morgan fingerprint density at radius 1 is 1.13 bits per heavy atom. The SMILES string of the molecule is Fc1ccccc1ONC1CCCCC1. The van der Waals surface area contributed by atoms with E-state index in [4.69, 9.17) is 4.84 Å². The van der Waals surface area contributed by atoms with Gasteiger partial charge in [0.25, 0.3) is 0 Å². The highest BCUT2D eigenvalue weighted by molar-refractivity contribution is 5.23. The summed E-state index contributed by atoms with van der Waals surface area (Å²) in [6, 6.07) is 6.82. The minimum absolute atomic E-state index is 0.281. The van der Waals surface area contributed by atoms with Crippen molar-refractivity contribution >= 4 is 0 Å². The van der Waals surface area contributed by atoms with E-state index in [1.165, 1.54) is 25.3 Å². The van der Waals surface area contributed by atoms with Crippen molar-refractivity contribution in [2.45, 2.75) is 38.1 Å². The third-order valence-electron chi connectivity index (χ3n) is 2.78. The number of rotatable bonds is 3. The molecule has 0 aliphatic heterocycles. The normalized spacial score (nSPS) is 17.7. The Kier molecular flexibility index (Phi) is 3.56. The Labute approximate surface area is 89.4 Å². The molecule has 0 bridgehead atoms. The van der Waals surface area contributed by atoms with Crippen molar-refractivity contribution < 1.29 is 9.23 Å². The minimum Gasteiger partial charge on any atom is -0.405 e. The molecule has 15 heavy (non-hydrogen) atoms. The zero-order valence-electron chi connectivity index (χ0n) is 8.71. The van der Waals surface area contributed by atoms with Crippen LogP contribution in [0.5, 0.6) is 5.75 Å². The number of para-hydroxylation sites is 1. The largest absolute Gasteiger partial charge is 0.405 e. The van der Waals surface area contributed by atoms with Crippen molar-refractivity contribution in [1.82, 2.24) is 5.48 Å². The van der Waals surface area contributed by atoms with Gasteiger partial charge in [0.2, 0.25) is 0 Å². The average molecular weight is 209 g/mol. The van der Waals surface area contributed by atoms with E-state index in [1.807, 2.05) is 0 Å². The van der Waals surface area contributed by atoms with Crippen LogP contribution in [0.3, 0.4) is 0 Å². The lowest BCUT2D eigenvalue weighted by atomic mass is 9.96. The van der Waals surface area contributed by atoms with E-state index >= 15 is 0 Å². The fourth-order valence-corrected chi connectivity index (χ4v) is 1.89. The van der Waals surface area contributed by atoms with E-state index in [1.54, 1.807) is 18.2 Å². The van der Waals surface area contributed by atoms with Gasteiger partial charge in [-0.25, -0.2) is 4.39 Å². The van der Waals surface area contributed by atoms with E-state index in [-0.39, 0.29) is 11.6 Å². The molecule has 0 aromatic heterocycles. The molecule has 1 N–H and O–H groups in total. The Balaban J connectivity index is 1.84. The molecule has 0 unspecified atom stereocenters. The van der Waals surface area contributed by atoms with Crippen molar-refractivity contribution in [2.24, 2.45) is 0 Å². The molecule has 2 rings (SSSR count). The highest BCUT2D eigenvalue weighted by Crippen LogP contribution is 2.19. The van der Waals surface area contributed by atoms with Gasteiger partial charge in [0.05, 0.1) is 0 Å². The molecule has 0 spiro atoms. The third kappa shape index (κ3) is 2.93. The molecule has 1 fully saturated rings. The summed E-state index contributed by atoms with van der Waals surface area (Å²) >= 11 is 0. The first-order chi connectivity index (χ1) is 7.36. The summed E-state index contributed by atoms with van der Waals surface area (Å²) in [5, 5.41) is 0.